The minimum atomic E-state index is -1.21. The smallest absolute Gasteiger partial charge is 0.410 e. The molecule has 3 atom stereocenters. The van der Waals surface area contributed by atoms with Crippen molar-refractivity contribution in [1.29, 1.82) is 0 Å². The van der Waals surface area contributed by atoms with E-state index in [2.05, 4.69) is 10.3 Å². The molecule has 13 heteroatoms. The van der Waals surface area contributed by atoms with Crippen molar-refractivity contribution in [1.82, 2.24) is 10.2 Å². The highest BCUT2D eigenvalue weighted by atomic mass is 16.7. The van der Waals surface area contributed by atoms with E-state index in [0.29, 0.717) is 11.3 Å². The van der Waals surface area contributed by atoms with Gasteiger partial charge >= 0.3 is 18.2 Å². The number of hydrogen-bond donors (Lipinski definition) is 3. The van der Waals surface area contributed by atoms with Crippen LogP contribution in [0, 0.1) is 0 Å². The van der Waals surface area contributed by atoms with Crippen molar-refractivity contribution in [2.24, 2.45) is 16.6 Å². The van der Waals surface area contributed by atoms with Crippen LogP contribution in [0.25, 0.3) is 0 Å². The molecule has 0 radical (unpaired) electrons. The number of ether oxygens (including phenoxy) is 4. The summed E-state index contributed by atoms with van der Waals surface area (Å²) in [5, 5.41) is 2.82. The summed E-state index contributed by atoms with van der Waals surface area (Å²) in [5.74, 6) is 5.39. The molecule has 0 saturated carbocycles. The molecule has 50 heavy (non-hydrogen) atoms. The number of amides is 2. The van der Waals surface area contributed by atoms with Gasteiger partial charge in [0.25, 0.3) is 0 Å². The van der Waals surface area contributed by atoms with Gasteiger partial charge in [0.05, 0.1) is 12.1 Å². The summed E-state index contributed by atoms with van der Waals surface area (Å²) in [6.07, 6.45) is -3.03. The first kappa shape index (κ1) is 37.7. The lowest BCUT2D eigenvalue weighted by molar-refractivity contribution is -0.163. The van der Waals surface area contributed by atoms with Crippen LogP contribution in [0.2, 0.25) is 0 Å². The van der Waals surface area contributed by atoms with E-state index in [9.17, 15) is 14.4 Å². The lowest BCUT2D eigenvalue weighted by Crippen LogP contribution is -2.45. The molecular formula is C37H47N5O8. The van der Waals surface area contributed by atoms with Crippen molar-refractivity contribution in [3.8, 4) is 5.75 Å². The highest BCUT2D eigenvalue weighted by molar-refractivity contribution is 5.97. The SMILES string of the molecule is CC(C)(C)OC(=O)NC1CN(C(=O)OC(C)(C)C)CC1N=C(N)c1ccc(OCC(ON)C(=O)OC(c2ccccc2)c2ccccc2)cc1. The van der Waals surface area contributed by atoms with E-state index in [1.54, 1.807) is 65.8 Å². The van der Waals surface area contributed by atoms with Crippen LogP contribution >= 0.6 is 0 Å². The van der Waals surface area contributed by atoms with Crippen molar-refractivity contribution >= 4 is 24.0 Å². The zero-order valence-electron chi connectivity index (χ0n) is 29.3. The fraction of sp³-hybridized carbons (Fsp3) is 0.405. The number of carbonyl (C=O) groups is 3. The maximum atomic E-state index is 13.1. The van der Waals surface area contributed by atoms with Crippen LogP contribution in [0.15, 0.2) is 89.9 Å². The Kier molecular flexibility index (Phi) is 12.4. The molecule has 13 nitrogen and oxygen atoms in total. The molecule has 1 aliphatic heterocycles. The third-order valence-corrected chi connectivity index (χ3v) is 7.36. The Morgan fingerprint density at radius 2 is 1.40 bits per heavy atom. The van der Waals surface area contributed by atoms with Crippen LogP contribution in [0.5, 0.6) is 5.75 Å². The van der Waals surface area contributed by atoms with Gasteiger partial charge in [-0.05, 0) is 76.9 Å². The van der Waals surface area contributed by atoms with Crippen LogP contribution in [-0.2, 0) is 23.8 Å². The summed E-state index contributed by atoms with van der Waals surface area (Å²) in [7, 11) is 0. The van der Waals surface area contributed by atoms with Crippen LogP contribution in [-0.4, -0.2) is 78.0 Å². The minimum Gasteiger partial charge on any atom is -0.490 e. The van der Waals surface area contributed by atoms with Gasteiger partial charge < -0.3 is 34.9 Å². The molecule has 3 unspecified atom stereocenters. The number of esters is 1. The van der Waals surface area contributed by atoms with Crippen molar-refractivity contribution in [2.45, 2.75) is 77.0 Å². The first-order chi connectivity index (χ1) is 23.6. The maximum absolute atomic E-state index is 13.1. The molecule has 0 spiro atoms. The Morgan fingerprint density at radius 1 is 0.840 bits per heavy atom. The van der Waals surface area contributed by atoms with Gasteiger partial charge in [-0.15, -0.1) is 0 Å². The van der Waals surface area contributed by atoms with Gasteiger partial charge in [0.1, 0.15) is 29.4 Å². The van der Waals surface area contributed by atoms with Crippen LogP contribution in [0.3, 0.4) is 0 Å². The molecule has 4 rings (SSSR count). The Morgan fingerprint density at radius 3 is 1.92 bits per heavy atom. The van der Waals surface area contributed by atoms with Gasteiger partial charge in [0.15, 0.2) is 6.10 Å². The lowest BCUT2D eigenvalue weighted by Gasteiger charge is -2.24. The molecular weight excluding hydrogens is 642 g/mol. The van der Waals surface area contributed by atoms with Gasteiger partial charge in [0, 0.05) is 18.7 Å². The Balaban J connectivity index is 1.41. The summed E-state index contributed by atoms with van der Waals surface area (Å²) >= 11 is 0. The third kappa shape index (κ3) is 11.2. The quantitative estimate of drug-likeness (QED) is 0.0827. The average Bonchev–Trinajstić information content (AvgIpc) is 3.45. The van der Waals surface area contributed by atoms with E-state index in [1.165, 1.54) is 4.90 Å². The number of rotatable bonds is 11. The Labute approximate surface area is 292 Å². The molecule has 2 amide bonds. The summed E-state index contributed by atoms with van der Waals surface area (Å²) in [4.78, 5) is 49.7. The molecule has 0 bridgehead atoms. The monoisotopic (exact) mass is 689 g/mol. The molecule has 1 heterocycles. The lowest BCUT2D eigenvalue weighted by atomic mass is 10.0. The number of nitrogens with zero attached hydrogens (tertiary/aromatic N) is 2. The second-order valence-corrected chi connectivity index (χ2v) is 13.8. The Hall–Kier alpha value is -5.14. The highest BCUT2D eigenvalue weighted by Gasteiger charge is 2.39. The predicted octanol–water partition coefficient (Wildman–Crippen LogP) is 4.88. The van der Waals surface area contributed by atoms with E-state index < -0.39 is 53.6 Å². The molecule has 1 saturated heterocycles. The van der Waals surface area contributed by atoms with E-state index in [-0.39, 0.29) is 25.5 Å². The van der Waals surface area contributed by atoms with E-state index in [0.717, 1.165) is 11.1 Å². The molecule has 0 aromatic heterocycles. The zero-order valence-corrected chi connectivity index (χ0v) is 29.3. The average molecular weight is 690 g/mol. The summed E-state index contributed by atoms with van der Waals surface area (Å²) in [6, 6.07) is 24.3. The maximum Gasteiger partial charge on any atom is 0.410 e. The van der Waals surface area contributed by atoms with Crippen molar-refractivity contribution in [3.05, 3.63) is 102 Å². The van der Waals surface area contributed by atoms with Gasteiger partial charge in [-0.2, -0.15) is 0 Å². The van der Waals surface area contributed by atoms with Gasteiger partial charge in [-0.25, -0.2) is 20.3 Å². The van der Waals surface area contributed by atoms with Crippen LogP contribution < -0.4 is 21.7 Å². The number of carbonyl (C=O) groups excluding carboxylic acids is 3. The number of hydrogen-bond acceptors (Lipinski definition) is 10. The standard InChI is InChI=1S/C37H47N5O8/c1-36(2,3)48-34(44)41-29-22-42(35(45)49-37(4,5)6)21-28(29)40-32(38)26-17-19-27(20-18-26)46-23-30(50-39)33(43)47-31(24-13-9-7-10-14-24)25-15-11-8-12-16-25/h7-20,28-31H,21-23,39H2,1-6H3,(H2,38,40)(H,41,44). The topological polar surface area (TPSA) is 177 Å². The second kappa shape index (κ2) is 16.5. The summed E-state index contributed by atoms with van der Waals surface area (Å²) < 4.78 is 22.6. The summed E-state index contributed by atoms with van der Waals surface area (Å²) in [6.45, 7) is 10.7. The molecule has 3 aromatic rings. The number of alkyl carbamates (subject to hydrolysis) is 1. The van der Waals surface area contributed by atoms with Crippen molar-refractivity contribution in [2.75, 3.05) is 19.7 Å². The molecule has 5 N–H and O–H groups in total. The zero-order chi connectivity index (χ0) is 36.5. The fourth-order valence-electron chi connectivity index (χ4n) is 5.08. The molecule has 1 fully saturated rings. The van der Waals surface area contributed by atoms with Crippen LogP contribution in [0.1, 0.15) is 64.3 Å². The minimum absolute atomic E-state index is 0.159. The number of nitrogens with two attached hydrogens (primary N) is 2. The van der Waals surface area contributed by atoms with Gasteiger partial charge in [0.2, 0.25) is 6.10 Å². The van der Waals surface area contributed by atoms with E-state index in [1.807, 2.05) is 60.7 Å². The number of benzene rings is 3. The van der Waals surface area contributed by atoms with Crippen molar-refractivity contribution < 1.29 is 38.2 Å². The molecule has 268 valence electrons. The number of nitrogens with one attached hydrogen (secondary N) is 1. The number of aliphatic imine (C=N–C) groups is 1. The molecule has 1 aliphatic rings. The number of amidine groups is 1. The third-order valence-electron chi connectivity index (χ3n) is 7.36. The normalized spacial score (nSPS) is 17.2. The van der Waals surface area contributed by atoms with Crippen molar-refractivity contribution in [3.63, 3.8) is 0 Å². The molecule has 0 aliphatic carbocycles. The molecule has 3 aromatic carbocycles. The first-order valence-corrected chi connectivity index (χ1v) is 16.3. The Bertz CT molecular complexity index is 1570. The second-order valence-electron chi connectivity index (χ2n) is 13.8. The fourth-order valence-corrected chi connectivity index (χ4v) is 5.08. The largest absolute Gasteiger partial charge is 0.490 e. The highest BCUT2D eigenvalue weighted by Crippen LogP contribution is 2.27. The summed E-state index contributed by atoms with van der Waals surface area (Å²) in [5.41, 5.74) is 7.15. The first-order valence-electron chi connectivity index (χ1n) is 16.3. The predicted molar refractivity (Wildman–Crippen MR) is 187 cm³/mol. The van der Waals surface area contributed by atoms with E-state index >= 15 is 0 Å². The van der Waals surface area contributed by atoms with E-state index in [4.69, 9.17) is 35.4 Å². The van der Waals surface area contributed by atoms with Crippen LogP contribution in [0.4, 0.5) is 9.59 Å². The van der Waals surface area contributed by atoms with Gasteiger partial charge in [-0.1, -0.05) is 60.7 Å². The van der Waals surface area contributed by atoms with Gasteiger partial charge in [-0.3, -0.25) is 9.83 Å². The number of likely N-dealkylation sites (tertiary alicyclic amines) is 1.